The first-order chi connectivity index (χ1) is 15.4. The summed E-state index contributed by atoms with van der Waals surface area (Å²) < 4.78 is 14.1. The van der Waals surface area contributed by atoms with Crippen molar-refractivity contribution in [3.63, 3.8) is 0 Å². The average molecular weight is 456 g/mol. The van der Waals surface area contributed by atoms with Crippen LogP contribution >= 0.6 is 11.6 Å². The number of rotatable bonds is 5. The van der Waals surface area contributed by atoms with Gasteiger partial charge in [0, 0.05) is 41.6 Å². The Morgan fingerprint density at radius 1 is 1.16 bits per heavy atom. The first-order valence-electron chi connectivity index (χ1n) is 11.2. The van der Waals surface area contributed by atoms with E-state index in [4.69, 9.17) is 11.6 Å². The van der Waals surface area contributed by atoms with E-state index in [1.165, 1.54) is 6.07 Å². The average Bonchev–Trinajstić information content (AvgIpc) is 3.04. The molecule has 7 heteroatoms. The van der Waals surface area contributed by atoms with Gasteiger partial charge in [-0.25, -0.2) is 4.39 Å². The van der Waals surface area contributed by atoms with Crippen LogP contribution in [-0.2, 0) is 6.42 Å². The number of fused-ring (bicyclic) bond motifs is 3. The van der Waals surface area contributed by atoms with Gasteiger partial charge in [0.15, 0.2) is 0 Å². The quantitative estimate of drug-likeness (QED) is 0.604. The number of anilines is 1. The van der Waals surface area contributed by atoms with Crippen molar-refractivity contribution in [2.45, 2.75) is 50.9 Å². The molecule has 2 fully saturated rings. The van der Waals surface area contributed by atoms with Crippen molar-refractivity contribution < 1.29 is 9.50 Å². The van der Waals surface area contributed by atoms with Crippen molar-refractivity contribution in [3.8, 4) is 0 Å². The number of hydrogen-bond acceptors (Lipinski definition) is 4. The van der Waals surface area contributed by atoms with Crippen LogP contribution in [-0.4, -0.2) is 46.4 Å². The van der Waals surface area contributed by atoms with Gasteiger partial charge in [-0.1, -0.05) is 17.7 Å². The molecule has 1 aromatic heterocycles. The molecule has 3 aromatic rings. The SMILES string of the molecule is Cc1ccc(F)c2c(=O)[nH]c(CCC(O)N3C4CCC3CN(c3ccc(Cl)cc3)C4)cc12. The van der Waals surface area contributed by atoms with Crippen molar-refractivity contribution in [2.24, 2.45) is 0 Å². The number of aromatic nitrogens is 1. The smallest absolute Gasteiger partial charge is 0.259 e. The van der Waals surface area contributed by atoms with E-state index in [9.17, 15) is 14.3 Å². The number of aryl methyl sites for hydroxylation is 2. The third-order valence-electron chi connectivity index (χ3n) is 6.98. The van der Waals surface area contributed by atoms with E-state index in [1.54, 1.807) is 6.07 Å². The van der Waals surface area contributed by atoms with Crippen LogP contribution in [0.1, 0.15) is 30.5 Å². The van der Waals surface area contributed by atoms with Crippen molar-refractivity contribution in [3.05, 3.63) is 74.9 Å². The highest BCUT2D eigenvalue weighted by Crippen LogP contribution is 2.35. The zero-order chi connectivity index (χ0) is 22.4. The maximum Gasteiger partial charge on any atom is 0.259 e. The normalized spacial score (nSPS) is 21.9. The second-order valence-corrected chi connectivity index (χ2v) is 9.45. The molecule has 0 amide bonds. The molecule has 3 unspecified atom stereocenters. The fourth-order valence-corrected chi connectivity index (χ4v) is 5.51. The van der Waals surface area contributed by atoms with Crippen molar-refractivity contribution in [2.75, 3.05) is 18.0 Å². The number of pyridine rings is 1. The fourth-order valence-electron chi connectivity index (χ4n) is 5.39. The van der Waals surface area contributed by atoms with Crippen LogP contribution in [0.2, 0.25) is 5.02 Å². The van der Waals surface area contributed by atoms with Gasteiger partial charge in [-0.15, -0.1) is 0 Å². The summed E-state index contributed by atoms with van der Waals surface area (Å²) in [7, 11) is 0. The van der Waals surface area contributed by atoms with E-state index in [2.05, 4.69) is 26.9 Å². The second kappa shape index (κ2) is 8.50. The predicted octanol–water partition coefficient (Wildman–Crippen LogP) is 4.23. The van der Waals surface area contributed by atoms with Gasteiger partial charge in [0.1, 0.15) is 12.0 Å². The maximum atomic E-state index is 14.1. The number of nitrogens with zero attached hydrogens (tertiary/aromatic N) is 2. The second-order valence-electron chi connectivity index (χ2n) is 9.01. The largest absolute Gasteiger partial charge is 0.378 e. The van der Waals surface area contributed by atoms with Gasteiger partial charge in [-0.05, 0) is 80.0 Å². The molecule has 0 radical (unpaired) electrons. The van der Waals surface area contributed by atoms with E-state index in [0.29, 0.717) is 30.3 Å². The van der Waals surface area contributed by atoms with Crippen LogP contribution in [0.4, 0.5) is 10.1 Å². The zero-order valence-electron chi connectivity index (χ0n) is 18.0. The molecule has 3 atom stereocenters. The standard InChI is InChI=1S/C25H27ClFN3O2/c1-15-2-10-22(27)24-21(15)12-17(28-25(24)32)5-11-23(31)30-19-8-9-20(30)14-29(13-19)18-6-3-16(26)4-7-18/h2-4,6-7,10,12,19-20,23,31H,5,8-9,11,13-14H2,1H3,(H,28,32). The molecule has 2 aromatic carbocycles. The van der Waals surface area contributed by atoms with E-state index in [-0.39, 0.29) is 5.39 Å². The Balaban J connectivity index is 1.28. The lowest BCUT2D eigenvalue weighted by Gasteiger charge is -2.44. The molecule has 5 nitrogen and oxygen atoms in total. The molecular weight excluding hydrogens is 429 g/mol. The Hall–Kier alpha value is -2.41. The van der Waals surface area contributed by atoms with Gasteiger partial charge in [-0.2, -0.15) is 0 Å². The number of hydrogen-bond donors (Lipinski definition) is 2. The van der Waals surface area contributed by atoms with Gasteiger partial charge < -0.3 is 15.0 Å². The molecule has 2 aliphatic rings. The lowest BCUT2D eigenvalue weighted by Crippen LogP contribution is -2.57. The van der Waals surface area contributed by atoms with E-state index in [0.717, 1.165) is 47.9 Å². The van der Waals surface area contributed by atoms with Gasteiger partial charge in [0.25, 0.3) is 5.56 Å². The number of H-pyrrole nitrogens is 1. The molecule has 2 saturated heterocycles. The number of halogens is 2. The number of piperazine rings is 1. The lowest BCUT2D eigenvalue weighted by molar-refractivity contribution is -0.0403. The van der Waals surface area contributed by atoms with Crippen LogP contribution in [0.15, 0.2) is 47.3 Å². The minimum atomic E-state index is -0.576. The summed E-state index contributed by atoms with van der Waals surface area (Å²) in [5, 5.41) is 12.5. The number of aliphatic hydroxyl groups is 1. The van der Waals surface area contributed by atoms with Crippen molar-refractivity contribution >= 4 is 28.1 Å². The summed E-state index contributed by atoms with van der Waals surface area (Å²) in [5.74, 6) is -0.506. The van der Waals surface area contributed by atoms with Gasteiger partial charge in [0.05, 0.1) is 5.39 Å². The first kappa shape index (κ1) is 21.4. The summed E-state index contributed by atoms with van der Waals surface area (Å²) in [4.78, 5) is 19.9. The van der Waals surface area contributed by atoms with Crippen LogP contribution < -0.4 is 10.5 Å². The Labute approximate surface area is 191 Å². The summed E-state index contributed by atoms with van der Waals surface area (Å²) >= 11 is 6.03. The minimum absolute atomic E-state index is 0.102. The van der Waals surface area contributed by atoms with Crippen LogP contribution in [0.3, 0.4) is 0 Å². The van der Waals surface area contributed by atoms with Gasteiger partial charge >= 0.3 is 0 Å². The Morgan fingerprint density at radius 2 is 1.84 bits per heavy atom. The number of nitrogens with one attached hydrogen (secondary N) is 1. The molecule has 0 spiro atoms. The minimum Gasteiger partial charge on any atom is -0.378 e. The lowest BCUT2D eigenvalue weighted by atomic mass is 10.0. The monoisotopic (exact) mass is 455 g/mol. The predicted molar refractivity (Wildman–Crippen MR) is 126 cm³/mol. The fraction of sp³-hybridized carbons (Fsp3) is 0.400. The van der Waals surface area contributed by atoms with E-state index < -0.39 is 17.6 Å². The van der Waals surface area contributed by atoms with Crippen molar-refractivity contribution in [1.29, 1.82) is 0 Å². The molecule has 32 heavy (non-hydrogen) atoms. The number of benzene rings is 2. The highest BCUT2D eigenvalue weighted by Gasteiger charge is 2.42. The van der Waals surface area contributed by atoms with Crippen LogP contribution in [0, 0.1) is 12.7 Å². The van der Waals surface area contributed by atoms with Gasteiger partial charge in [-0.3, -0.25) is 9.69 Å². The number of aliphatic hydroxyl groups excluding tert-OH is 1. The molecule has 2 aliphatic heterocycles. The molecule has 2 N–H and O–H groups in total. The third-order valence-corrected chi connectivity index (χ3v) is 7.23. The Morgan fingerprint density at radius 3 is 2.53 bits per heavy atom. The topological polar surface area (TPSA) is 59.6 Å². The molecule has 5 rings (SSSR count). The molecule has 2 bridgehead atoms. The summed E-state index contributed by atoms with van der Waals surface area (Å²) in [6, 6.07) is 13.4. The molecule has 168 valence electrons. The highest BCUT2D eigenvalue weighted by atomic mass is 35.5. The third kappa shape index (κ3) is 3.91. The number of aromatic amines is 1. The van der Waals surface area contributed by atoms with Crippen LogP contribution in [0.5, 0.6) is 0 Å². The zero-order valence-corrected chi connectivity index (χ0v) is 18.8. The molecule has 3 heterocycles. The summed E-state index contributed by atoms with van der Waals surface area (Å²) in [5.41, 5.74) is 2.34. The van der Waals surface area contributed by atoms with Gasteiger partial charge in [0.2, 0.25) is 0 Å². The van der Waals surface area contributed by atoms with Crippen molar-refractivity contribution in [1.82, 2.24) is 9.88 Å². The molecule has 0 aliphatic carbocycles. The molecule has 0 saturated carbocycles. The Kier molecular flexibility index (Phi) is 5.70. The Bertz CT molecular complexity index is 1180. The highest BCUT2D eigenvalue weighted by molar-refractivity contribution is 6.30. The summed E-state index contributed by atoms with van der Waals surface area (Å²) in [6.07, 6.45) is 2.60. The van der Waals surface area contributed by atoms with Crippen LogP contribution in [0.25, 0.3) is 10.8 Å². The summed E-state index contributed by atoms with van der Waals surface area (Å²) in [6.45, 7) is 3.62. The maximum absolute atomic E-state index is 14.1. The first-order valence-corrected chi connectivity index (χ1v) is 11.6. The molecular formula is C25H27ClFN3O2. The van der Waals surface area contributed by atoms with E-state index >= 15 is 0 Å². The van der Waals surface area contributed by atoms with E-state index in [1.807, 2.05) is 25.1 Å².